The second kappa shape index (κ2) is 4.45. The Morgan fingerprint density at radius 2 is 1.87 bits per heavy atom. The number of rotatable bonds is 1. The predicted molar refractivity (Wildman–Crippen MR) is 65.3 cm³/mol. The number of thiol groups is 1. The van der Waals surface area contributed by atoms with Crippen molar-refractivity contribution in [1.82, 2.24) is 0 Å². The molecule has 0 aromatic heterocycles. The minimum Gasteiger partial charge on any atom is -0.398 e. The van der Waals surface area contributed by atoms with Crippen LogP contribution in [0.3, 0.4) is 0 Å². The number of hydrogen-bond donors (Lipinski definition) is 3. The lowest BCUT2D eigenvalue weighted by atomic mass is 9.83. The fourth-order valence-corrected chi connectivity index (χ4v) is 2.45. The molecule has 0 saturated heterocycles. The molecule has 82 valence electrons. The molecule has 2 rings (SSSR count). The van der Waals surface area contributed by atoms with Crippen LogP contribution in [0.25, 0.3) is 0 Å². The van der Waals surface area contributed by atoms with Gasteiger partial charge in [0, 0.05) is 10.6 Å². The van der Waals surface area contributed by atoms with E-state index in [0.29, 0.717) is 5.92 Å². The number of aliphatic hydroxyl groups is 1. The maximum Gasteiger partial charge on any atom is 0.0540 e. The van der Waals surface area contributed by atoms with E-state index in [9.17, 15) is 5.11 Å². The predicted octanol–water partition coefficient (Wildman–Crippen LogP) is 2.58. The molecule has 0 heterocycles. The Bertz CT molecular complexity index is 345. The van der Waals surface area contributed by atoms with Crippen LogP contribution >= 0.6 is 12.6 Å². The molecule has 0 bridgehead atoms. The van der Waals surface area contributed by atoms with Gasteiger partial charge in [-0.1, -0.05) is 6.07 Å². The molecule has 1 aromatic rings. The van der Waals surface area contributed by atoms with Gasteiger partial charge in [0.25, 0.3) is 0 Å². The van der Waals surface area contributed by atoms with E-state index in [1.165, 1.54) is 5.56 Å². The summed E-state index contributed by atoms with van der Waals surface area (Å²) >= 11 is 4.33. The van der Waals surface area contributed by atoms with Crippen molar-refractivity contribution >= 4 is 18.3 Å². The third kappa shape index (κ3) is 2.47. The molecule has 0 amide bonds. The van der Waals surface area contributed by atoms with E-state index in [1.54, 1.807) is 0 Å². The highest BCUT2D eigenvalue weighted by Gasteiger charge is 2.20. The lowest BCUT2D eigenvalue weighted by Gasteiger charge is -2.26. The summed E-state index contributed by atoms with van der Waals surface area (Å²) in [6.45, 7) is 0. The van der Waals surface area contributed by atoms with E-state index in [0.717, 1.165) is 36.3 Å². The molecular formula is C12H17NOS. The van der Waals surface area contributed by atoms with Crippen LogP contribution in [0.5, 0.6) is 0 Å². The normalized spacial score (nSPS) is 26.5. The van der Waals surface area contributed by atoms with Gasteiger partial charge in [-0.15, -0.1) is 12.6 Å². The molecule has 1 aliphatic carbocycles. The van der Waals surface area contributed by atoms with Crippen LogP contribution in [0.1, 0.15) is 37.2 Å². The molecule has 1 saturated carbocycles. The molecule has 1 aliphatic rings. The minimum absolute atomic E-state index is 0.0921. The maximum absolute atomic E-state index is 9.44. The molecule has 2 nitrogen and oxygen atoms in total. The molecule has 1 aromatic carbocycles. The zero-order valence-corrected chi connectivity index (χ0v) is 9.58. The average molecular weight is 223 g/mol. The SMILES string of the molecule is Nc1ccc(C2CCC(O)CC2)cc1S. The van der Waals surface area contributed by atoms with Crippen molar-refractivity contribution in [1.29, 1.82) is 0 Å². The molecule has 0 atom stereocenters. The Labute approximate surface area is 95.9 Å². The summed E-state index contributed by atoms with van der Waals surface area (Å²) in [4.78, 5) is 0.860. The van der Waals surface area contributed by atoms with Crippen molar-refractivity contribution in [2.75, 3.05) is 5.73 Å². The second-order valence-corrected chi connectivity index (χ2v) is 4.81. The molecule has 0 radical (unpaired) electrons. The van der Waals surface area contributed by atoms with Gasteiger partial charge in [-0.05, 0) is 49.3 Å². The van der Waals surface area contributed by atoms with E-state index in [2.05, 4.69) is 24.8 Å². The monoisotopic (exact) mass is 223 g/mol. The highest BCUT2D eigenvalue weighted by Crippen LogP contribution is 2.34. The number of nitrogens with two attached hydrogens (primary N) is 1. The van der Waals surface area contributed by atoms with Gasteiger partial charge in [0.1, 0.15) is 0 Å². The quantitative estimate of drug-likeness (QED) is 0.506. The standard InChI is InChI=1S/C12H17NOS/c13-11-6-3-9(7-12(11)15)8-1-4-10(14)5-2-8/h3,6-8,10,14-15H,1-2,4-5,13H2. The summed E-state index contributed by atoms with van der Waals surface area (Å²) in [6, 6.07) is 6.06. The highest BCUT2D eigenvalue weighted by atomic mass is 32.1. The smallest absolute Gasteiger partial charge is 0.0540 e. The number of nitrogen functional groups attached to an aromatic ring is 1. The van der Waals surface area contributed by atoms with Crippen LogP contribution in [-0.4, -0.2) is 11.2 Å². The summed E-state index contributed by atoms with van der Waals surface area (Å²) in [5.74, 6) is 0.569. The summed E-state index contributed by atoms with van der Waals surface area (Å²) < 4.78 is 0. The van der Waals surface area contributed by atoms with E-state index in [-0.39, 0.29) is 6.10 Å². The Kier molecular flexibility index (Phi) is 3.22. The third-order valence-corrected chi connectivity index (χ3v) is 3.61. The van der Waals surface area contributed by atoms with Crippen molar-refractivity contribution in [3.63, 3.8) is 0 Å². The molecule has 15 heavy (non-hydrogen) atoms. The lowest BCUT2D eigenvalue weighted by molar-refractivity contribution is 0.122. The fourth-order valence-electron chi connectivity index (χ4n) is 2.22. The largest absolute Gasteiger partial charge is 0.398 e. The van der Waals surface area contributed by atoms with Crippen molar-refractivity contribution in [2.24, 2.45) is 0 Å². The maximum atomic E-state index is 9.44. The summed E-state index contributed by atoms with van der Waals surface area (Å²) in [5.41, 5.74) is 7.76. The van der Waals surface area contributed by atoms with Gasteiger partial charge < -0.3 is 10.8 Å². The highest BCUT2D eigenvalue weighted by molar-refractivity contribution is 7.80. The van der Waals surface area contributed by atoms with Gasteiger partial charge in [-0.25, -0.2) is 0 Å². The van der Waals surface area contributed by atoms with Crippen molar-refractivity contribution in [3.05, 3.63) is 23.8 Å². The van der Waals surface area contributed by atoms with Crippen LogP contribution < -0.4 is 5.73 Å². The van der Waals surface area contributed by atoms with Gasteiger partial charge in [0.2, 0.25) is 0 Å². The molecular weight excluding hydrogens is 206 g/mol. The van der Waals surface area contributed by atoms with E-state index >= 15 is 0 Å². The molecule has 0 aliphatic heterocycles. The minimum atomic E-state index is -0.0921. The van der Waals surface area contributed by atoms with Crippen LogP contribution in [0.4, 0.5) is 5.69 Å². The Morgan fingerprint density at radius 3 is 2.47 bits per heavy atom. The van der Waals surface area contributed by atoms with Crippen LogP contribution in [-0.2, 0) is 0 Å². The molecule has 0 unspecified atom stereocenters. The van der Waals surface area contributed by atoms with Crippen LogP contribution in [0.2, 0.25) is 0 Å². The summed E-state index contributed by atoms with van der Waals surface area (Å²) in [6.07, 6.45) is 3.87. The number of aliphatic hydroxyl groups excluding tert-OH is 1. The summed E-state index contributed by atoms with van der Waals surface area (Å²) in [5, 5.41) is 9.44. The Hall–Kier alpha value is -0.670. The van der Waals surface area contributed by atoms with E-state index in [1.807, 2.05) is 6.07 Å². The molecule has 3 heteroatoms. The Morgan fingerprint density at radius 1 is 1.20 bits per heavy atom. The van der Waals surface area contributed by atoms with Gasteiger partial charge in [-0.2, -0.15) is 0 Å². The van der Waals surface area contributed by atoms with Gasteiger partial charge >= 0.3 is 0 Å². The third-order valence-electron chi connectivity index (χ3n) is 3.22. The average Bonchev–Trinajstić information content (AvgIpc) is 2.23. The van der Waals surface area contributed by atoms with Gasteiger partial charge in [0.15, 0.2) is 0 Å². The number of anilines is 1. The topological polar surface area (TPSA) is 46.2 Å². The number of hydrogen-bond acceptors (Lipinski definition) is 3. The van der Waals surface area contributed by atoms with E-state index < -0.39 is 0 Å². The van der Waals surface area contributed by atoms with Gasteiger partial charge in [-0.3, -0.25) is 0 Å². The van der Waals surface area contributed by atoms with Crippen molar-refractivity contribution in [2.45, 2.75) is 42.6 Å². The van der Waals surface area contributed by atoms with Crippen LogP contribution in [0, 0.1) is 0 Å². The Balaban J connectivity index is 2.12. The lowest BCUT2D eigenvalue weighted by Crippen LogP contribution is -2.16. The number of benzene rings is 1. The zero-order valence-electron chi connectivity index (χ0n) is 8.69. The molecule has 3 N–H and O–H groups in total. The van der Waals surface area contributed by atoms with E-state index in [4.69, 9.17) is 5.73 Å². The zero-order chi connectivity index (χ0) is 10.8. The first-order valence-corrected chi connectivity index (χ1v) is 5.88. The molecule has 1 fully saturated rings. The van der Waals surface area contributed by atoms with Crippen LogP contribution in [0.15, 0.2) is 23.1 Å². The summed E-state index contributed by atoms with van der Waals surface area (Å²) in [7, 11) is 0. The van der Waals surface area contributed by atoms with Gasteiger partial charge in [0.05, 0.1) is 6.10 Å². The van der Waals surface area contributed by atoms with Crippen molar-refractivity contribution < 1.29 is 5.11 Å². The fraction of sp³-hybridized carbons (Fsp3) is 0.500. The first-order valence-electron chi connectivity index (χ1n) is 5.43. The molecule has 0 spiro atoms. The first-order chi connectivity index (χ1) is 7.16. The van der Waals surface area contributed by atoms with Crippen molar-refractivity contribution in [3.8, 4) is 0 Å². The first kappa shape index (κ1) is 10.8. The second-order valence-electron chi connectivity index (χ2n) is 4.32.